The van der Waals surface area contributed by atoms with Crippen LogP contribution in [0.4, 0.5) is 0 Å². The Balaban J connectivity index is 1.67. The fourth-order valence-electron chi connectivity index (χ4n) is 10.1. The van der Waals surface area contributed by atoms with Gasteiger partial charge in [-0.05, 0) is 43.6 Å². The van der Waals surface area contributed by atoms with Gasteiger partial charge < -0.3 is 30.3 Å². The first kappa shape index (κ1) is 19.4. The van der Waals surface area contributed by atoms with Gasteiger partial charge in [0.2, 0.25) is 0 Å². The average molecular weight is 410 g/mol. The van der Waals surface area contributed by atoms with Crippen molar-refractivity contribution in [3.8, 4) is 0 Å². The van der Waals surface area contributed by atoms with E-state index in [1.165, 1.54) is 0 Å². The first-order valence-corrected chi connectivity index (χ1v) is 11.4. The Labute approximate surface area is 171 Å². The van der Waals surface area contributed by atoms with Crippen LogP contribution in [0.25, 0.3) is 0 Å². The molecule has 12 atom stereocenters. The van der Waals surface area contributed by atoms with Crippen LogP contribution in [0, 0.1) is 28.6 Å². The highest BCUT2D eigenvalue weighted by molar-refractivity contribution is 5.42. The molecule has 0 amide bonds. The molecular weight excluding hydrogens is 374 g/mol. The van der Waals surface area contributed by atoms with Crippen LogP contribution in [0.2, 0.25) is 0 Å². The Morgan fingerprint density at radius 1 is 1.10 bits per heavy atom. The van der Waals surface area contributed by atoms with Crippen molar-refractivity contribution in [1.82, 2.24) is 4.90 Å². The van der Waals surface area contributed by atoms with E-state index in [9.17, 15) is 25.5 Å². The largest absolute Gasteiger partial charge is 0.392 e. The lowest BCUT2D eigenvalue weighted by molar-refractivity contribution is -0.364. The van der Waals surface area contributed by atoms with Crippen molar-refractivity contribution in [3.63, 3.8) is 0 Å². The summed E-state index contributed by atoms with van der Waals surface area (Å²) in [5.74, 6) is -0.766. The van der Waals surface area contributed by atoms with E-state index in [1.807, 2.05) is 0 Å². The van der Waals surface area contributed by atoms with Gasteiger partial charge in [0.1, 0.15) is 16.8 Å². The number of nitrogens with zero attached hydrogens (tertiary/aromatic N) is 1. The molecule has 0 aromatic rings. The Hall–Kier alpha value is -0.280. The van der Waals surface area contributed by atoms with Crippen molar-refractivity contribution < 1.29 is 30.3 Å². The standard InChI is InChI=1S/C22H35NO6/c1-4-23-10-18(2)6-5-15(24)21-13-7-11-12(29-3)8-20(27,22(13,28)16(11)25)19(26,17(21)23)9-14(18)21/h11-17,24-28H,4-10H2,1-3H3/t11-,12+,13+,14-,15+,16+,17-,18+,19-,20+,21+,22+/m1/s1. The molecule has 164 valence electrons. The van der Waals surface area contributed by atoms with Gasteiger partial charge in [-0.25, -0.2) is 0 Å². The summed E-state index contributed by atoms with van der Waals surface area (Å²) in [7, 11) is 1.57. The lowest BCUT2D eigenvalue weighted by atomic mass is 9.41. The van der Waals surface area contributed by atoms with Crippen molar-refractivity contribution in [2.75, 3.05) is 20.2 Å². The van der Waals surface area contributed by atoms with Gasteiger partial charge in [-0.15, -0.1) is 0 Å². The third-order valence-electron chi connectivity index (χ3n) is 10.9. The maximum Gasteiger partial charge on any atom is 0.129 e. The molecule has 5 N–H and O–H groups in total. The summed E-state index contributed by atoms with van der Waals surface area (Å²) >= 11 is 0. The number of hydrogen-bond acceptors (Lipinski definition) is 7. The molecule has 6 rings (SSSR count). The molecule has 0 aromatic heterocycles. The minimum Gasteiger partial charge on any atom is -0.392 e. The lowest BCUT2D eigenvalue weighted by Gasteiger charge is -2.71. The quantitative estimate of drug-likeness (QED) is 0.417. The summed E-state index contributed by atoms with van der Waals surface area (Å²) in [5, 5.41) is 59.4. The fourth-order valence-corrected chi connectivity index (χ4v) is 10.1. The molecule has 5 saturated carbocycles. The summed E-state index contributed by atoms with van der Waals surface area (Å²) in [4.78, 5) is 2.25. The minimum absolute atomic E-state index is 0.00662. The molecule has 6 fully saturated rings. The summed E-state index contributed by atoms with van der Waals surface area (Å²) in [5.41, 5.74) is -6.12. The van der Waals surface area contributed by atoms with E-state index in [0.29, 0.717) is 25.8 Å². The van der Waals surface area contributed by atoms with E-state index in [4.69, 9.17) is 4.74 Å². The van der Waals surface area contributed by atoms with Crippen LogP contribution < -0.4 is 0 Å². The fraction of sp³-hybridized carbons (Fsp3) is 1.00. The Morgan fingerprint density at radius 3 is 2.48 bits per heavy atom. The first-order chi connectivity index (χ1) is 13.6. The number of aliphatic hydroxyl groups excluding tert-OH is 2. The highest BCUT2D eigenvalue weighted by Crippen LogP contribution is 2.80. The summed E-state index contributed by atoms with van der Waals surface area (Å²) in [6.45, 7) is 5.86. The highest BCUT2D eigenvalue weighted by atomic mass is 16.5. The lowest BCUT2D eigenvalue weighted by Crippen LogP contribution is -2.87. The number of hydrogen-bond donors (Lipinski definition) is 5. The number of piperidine rings is 1. The number of likely N-dealkylation sites (tertiary alicyclic amines) is 1. The molecule has 1 heterocycles. The monoisotopic (exact) mass is 409 g/mol. The third kappa shape index (κ3) is 1.61. The number of likely N-dealkylation sites (N-methyl/N-ethyl adjacent to an activating group) is 1. The van der Waals surface area contributed by atoms with Crippen molar-refractivity contribution >= 4 is 0 Å². The van der Waals surface area contributed by atoms with Gasteiger partial charge in [0, 0.05) is 37.3 Å². The number of ether oxygens (including phenoxy) is 1. The second kappa shape index (κ2) is 5.20. The van der Waals surface area contributed by atoms with Gasteiger partial charge in [0.05, 0.1) is 24.4 Å². The number of fused-ring (bicyclic) bond motifs is 2. The minimum atomic E-state index is -1.87. The van der Waals surface area contributed by atoms with Crippen LogP contribution in [-0.2, 0) is 4.74 Å². The molecule has 0 radical (unpaired) electrons. The second-order valence-electron chi connectivity index (χ2n) is 11.4. The van der Waals surface area contributed by atoms with Crippen LogP contribution >= 0.6 is 0 Å². The molecule has 0 aromatic carbocycles. The number of aliphatic hydroxyl groups is 5. The summed E-state index contributed by atoms with van der Waals surface area (Å²) < 4.78 is 5.66. The Bertz CT molecular complexity index is 766. The zero-order chi connectivity index (χ0) is 20.8. The maximum atomic E-state index is 12.3. The molecule has 29 heavy (non-hydrogen) atoms. The molecule has 7 bridgehead atoms. The zero-order valence-corrected chi connectivity index (χ0v) is 17.6. The number of methoxy groups -OCH3 is 1. The van der Waals surface area contributed by atoms with Crippen molar-refractivity contribution in [1.29, 1.82) is 0 Å². The van der Waals surface area contributed by atoms with Crippen LogP contribution in [0.15, 0.2) is 0 Å². The third-order valence-corrected chi connectivity index (χ3v) is 10.9. The molecule has 1 saturated heterocycles. The van der Waals surface area contributed by atoms with Gasteiger partial charge >= 0.3 is 0 Å². The van der Waals surface area contributed by atoms with Gasteiger partial charge in [-0.2, -0.15) is 0 Å². The SMILES string of the molecule is CCN1C[C@]2(C)CC[C@H](O)[C@]34[C@@H]2C[C@@](O)([C@@H]13)[C@@]1(O)C[C@H](OC)[C@H]2C[C@@H]4[C@]1(O)[C@H]2O. The average Bonchev–Trinajstić information content (AvgIpc) is 3.04. The molecular formula is C22H35NO6. The van der Waals surface area contributed by atoms with E-state index in [2.05, 4.69) is 18.7 Å². The smallest absolute Gasteiger partial charge is 0.129 e. The summed E-state index contributed by atoms with van der Waals surface area (Å²) in [6.07, 6.45) is 0.207. The van der Waals surface area contributed by atoms with Gasteiger partial charge in [-0.3, -0.25) is 4.90 Å². The Kier molecular flexibility index (Phi) is 3.48. The number of rotatable bonds is 2. The molecule has 6 aliphatic rings. The van der Waals surface area contributed by atoms with Crippen LogP contribution in [0.3, 0.4) is 0 Å². The topological polar surface area (TPSA) is 114 Å². The predicted octanol–water partition coefficient (Wildman–Crippen LogP) is -0.520. The normalized spacial score (nSPS) is 67.7. The molecule has 0 unspecified atom stereocenters. The zero-order valence-electron chi connectivity index (χ0n) is 17.6. The maximum absolute atomic E-state index is 12.3. The molecule has 5 aliphatic carbocycles. The summed E-state index contributed by atoms with van der Waals surface area (Å²) in [6, 6.07) is -0.426. The first-order valence-electron chi connectivity index (χ1n) is 11.4. The molecule has 1 spiro atoms. The van der Waals surface area contributed by atoms with E-state index >= 15 is 0 Å². The second-order valence-corrected chi connectivity index (χ2v) is 11.4. The van der Waals surface area contributed by atoms with Crippen molar-refractivity contribution in [2.45, 2.75) is 87.1 Å². The predicted molar refractivity (Wildman–Crippen MR) is 103 cm³/mol. The van der Waals surface area contributed by atoms with Crippen LogP contribution in [0.1, 0.15) is 46.0 Å². The van der Waals surface area contributed by atoms with Crippen LogP contribution in [-0.4, -0.2) is 91.8 Å². The molecule has 7 heteroatoms. The van der Waals surface area contributed by atoms with Crippen molar-refractivity contribution in [2.24, 2.45) is 28.6 Å². The van der Waals surface area contributed by atoms with Gasteiger partial charge in [0.25, 0.3) is 0 Å². The van der Waals surface area contributed by atoms with E-state index in [-0.39, 0.29) is 23.7 Å². The Morgan fingerprint density at radius 2 is 1.83 bits per heavy atom. The van der Waals surface area contributed by atoms with Crippen LogP contribution in [0.5, 0.6) is 0 Å². The van der Waals surface area contributed by atoms with E-state index in [1.54, 1.807) is 7.11 Å². The highest BCUT2D eigenvalue weighted by Gasteiger charge is 2.91. The van der Waals surface area contributed by atoms with Crippen molar-refractivity contribution in [3.05, 3.63) is 0 Å². The molecule has 1 aliphatic heterocycles. The van der Waals surface area contributed by atoms with E-state index in [0.717, 1.165) is 13.0 Å². The van der Waals surface area contributed by atoms with Gasteiger partial charge in [0.15, 0.2) is 0 Å². The van der Waals surface area contributed by atoms with E-state index < -0.39 is 52.5 Å². The molecule has 7 nitrogen and oxygen atoms in total. The van der Waals surface area contributed by atoms with Gasteiger partial charge in [-0.1, -0.05) is 13.8 Å².